The molecule has 1 aromatic heterocycles. The molecule has 2 amide bonds. The molecule has 0 bridgehead atoms. The van der Waals surface area contributed by atoms with Crippen LogP contribution in [0.1, 0.15) is 35.3 Å². The van der Waals surface area contributed by atoms with E-state index in [4.69, 9.17) is 9.47 Å². The molecule has 0 radical (unpaired) electrons. The van der Waals surface area contributed by atoms with Crippen molar-refractivity contribution >= 4 is 50.7 Å². The molecule has 2 fully saturated rings. The van der Waals surface area contributed by atoms with Gasteiger partial charge in [0.2, 0.25) is 11.8 Å². The SMILES string of the molecule is O=C1[C@@H]2[C@@H](CC(COc3ccccc3)=C3[C@@H](CC/C(=C/c4cc(Br)ccc4O)c4ccccc4)OC[C@@H]32)C(=O)N1Cc1cccs1. The smallest absolute Gasteiger partial charge is 0.234 e. The molecule has 1 N–H and O–H groups in total. The number of amides is 2. The summed E-state index contributed by atoms with van der Waals surface area (Å²) in [6, 6.07) is 29.2. The summed E-state index contributed by atoms with van der Waals surface area (Å²) in [6.07, 6.45) is 3.69. The number of benzene rings is 3. The number of rotatable bonds is 10. The van der Waals surface area contributed by atoms with Gasteiger partial charge in [-0.05, 0) is 89.4 Å². The number of fused-ring (bicyclic) bond motifs is 3. The van der Waals surface area contributed by atoms with Crippen LogP contribution in [0, 0.1) is 17.8 Å². The normalized spacial score (nSPS) is 22.7. The van der Waals surface area contributed by atoms with E-state index in [2.05, 4.69) is 28.1 Å². The Morgan fingerprint density at radius 1 is 0.978 bits per heavy atom. The number of phenols is 1. The molecule has 0 saturated carbocycles. The fourth-order valence-electron chi connectivity index (χ4n) is 7.14. The third-order valence-corrected chi connectivity index (χ3v) is 10.6. The predicted octanol–water partition coefficient (Wildman–Crippen LogP) is 8.13. The zero-order valence-electron chi connectivity index (χ0n) is 25.2. The van der Waals surface area contributed by atoms with E-state index in [0.29, 0.717) is 39.0 Å². The third-order valence-electron chi connectivity index (χ3n) is 9.29. The lowest BCUT2D eigenvalue weighted by molar-refractivity contribution is -0.140. The number of allylic oxidation sites excluding steroid dienone is 1. The van der Waals surface area contributed by atoms with Gasteiger partial charge >= 0.3 is 0 Å². The molecular formula is C38H34BrNO5S. The number of likely N-dealkylation sites (tertiary alicyclic amines) is 1. The molecule has 4 aromatic rings. The Labute approximate surface area is 281 Å². The van der Waals surface area contributed by atoms with Crippen molar-refractivity contribution in [2.45, 2.75) is 31.9 Å². The second-order valence-corrected chi connectivity index (χ2v) is 14.0. The number of carbonyl (C=O) groups is 2. The number of ether oxygens (including phenoxy) is 2. The van der Waals surface area contributed by atoms with Crippen molar-refractivity contribution in [3.63, 3.8) is 0 Å². The molecule has 6 nitrogen and oxygen atoms in total. The van der Waals surface area contributed by atoms with Crippen molar-refractivity contribution in [2.75, 3.05) is 13.2 Å². The Morgan fingerprint density at radius 2 is 1.76 bits per heavy atom. The summed E-state index contributed by atoms with van der Waals surface area (Å²) in [4.78, 5) is 30.1. The molecule has 3 aliphatic rings. The van der Waals surface area contributed by atoms with Crippen LogP contribution in [-0.2, 0) is 20.9 Å². The maximum atomic E-state index is 13.9. The van der Waals surface area contributed by atoms with E-state index in [-0.39, 0.29) is 29.6 Å². The molecule has 46 heavy (non-hydrogen) atoms. The number of halogens is 1. The van der Waals surface area contributed by atoms with Crippen LogP contribution in [0.5, 0.6) is 11.5 Å². The van der Waals surface area contributed by atoms with Gasteiger partial charge in [0.15, 0.2) is 0 Å². The zero-order valence-corrected chi connectivity index (χ0v) is 27.6. The summed E-state index contributed by atoms with van der Waals surface area (Å²) in [6.45, 7) is 1.06. The Morgan fingerprint density at radius 3 is 2.52 bits per heavy atom. The van der Waals surface area contributed by atoms with Crippen LogP contribution in [0.3, 0.4) is 0 Å². The van der Waals surface area contributed by atoms with E-state index >= 15 is 0 Å². The van der Waals surface area contributed by atoms with Gasteiger partial charge in [0, 0.05) is 20.8 Å². The fourth-order valence-corrected chi connectivity index (χ4v) is 8.21. The Kier molecular flexibility index (Phi) is 8.93. The summed E-state index contributed by atoms with van der Waals surface area (Å²) >= 11 is 5.09. The number of nitrogens with zero attached hydrogens (tertiary/aromatic N) is 1. The van der Waals surface area contributed by atoms with Crippen LogP contribution in [0.2, 0.25) is 0 Å². The van der Waals surface area contributed by atoms with E-state index in [0.717, 1.165) is 42.9 Å². The second kappa shape index (κ2) is 13.4. The highest BCUT2D eigenvalue weighted by Gasteiger charge is 2.57. The van der Waals surface area contributed by atoms with Gasteiger partial charge in [0.05, 0.1) is 31.1 Å². The minimum atomic E-state index is -0.421. The van der Waals surface area contributed by atoms with Crippen LogP contribution < -0.4 is 4.74 Å². The highest BCUT2D eigenvalue weighted by Crippen LogP contribution is 2.50. The molecule has 3 heterocycles. The lowest BCUT2D eigenvalue weighted by Crippen LogP contribution is -2.35. The van der Waals surface area contributed by atoms with Crippen LogP contribution in [0.4, 0.5) is 0 Å². The Hall–Kier alpha value is -3.98. The number of aromatic hydroxyl groups is 1. The molecule has 2 saturated heterocycles. The molecule has 0 spiro atoms. The first-order chi connectivity index (χ1) is 22.5. The standard InChI is InChI=1S/C38H34BrNO5S/c39-28-14-15-33(41)26(19-28)18-25(24-8-3-1-4-9-24)13-16-34-35-27(22-44-29-10-5-2-6-11-29)20-31-36(32(35)23-45-34)38(43)40(37(31)42)21-30-12-7-17-46-30/h1-12,14-15,17-19,31-32,34,36,41H,13,16,20-23H2/b25-18-/t31-,32+,34-,36-/m1/s1. The molecule has 3 aromatic carbocycles. The van der Waals surface area contributed by atoms with E-state index in [1.807, 2.05) is 84.3 Å². The van der Waals surface area contributed by atoms with Crippen molar-refractivity contribution < 1.29 is 24.2 Å². The lowest BCUT2D eigenvalue weighted by atomic mass is 9.69. The van der Waals surface area contributed by atoms with Crippen molar-refractivity contribution in [1.82, 2.24) is 4.90 Å². The molecule has 8 heteroatoms. The van der Waals surface area contributed by atoms with Crippen molar-refractivity contribution in [3.8, 4) is 11.5 Å². The highest BCUT2D eigenvalue weighted by molar-refractivity contribution is 9.10. The third kappa shape index (κ3) is 6.21. The average Bonchev–Trinajstić information content (AvgIpc) is 3.81. The Bertz CT molecular complexity index is 1790. The van der Waals surface area contributed by atoms with Crippen LogP contribution in [-0.4, -0.2) is 41.1 Å². The monoisotopic (exact) mass is 695 g/mol. The van der Waals surface area contributed by atoms with Crippen molar-refractivity contribution in [2.24, 2.45) is 17.8 Å². The van der Waals surface area contributed by atoms with E-state index < -0.39 is 11.8 Å². The summed E-state index contributed by atoms with van der Waals surface area (Å²) < 4.78 is 13.7. The number of carbonyl (C=O) groups excluding carboxylic acids is 2. The first-order valence-corrected chi connectivity index (χ1v) is 17.3. The number of hydrogen-bond acceptors (Lipinski definition) is 6. The van der Waals surface area contributed by atoms with Gasteiger partial charge in [-0.15, -0.1) is 11.3 Å². The van der Waals surface area contributed by atoms with Gasteiger partial charge in [-0.1, -0.05) is 70.5 Å². The van der Waals surface area contributed by atoms with Gasteiger partial charge in [-0.2, -0.15) is 0 Å². The number of thiophene rings is 1. The van der Waals surface area contributed by atoms with Gasteiger partial charge in [-0.25, -0.2) is 0 Å². The number of phenolic OH excluding ortho intramolecular Hbond substituents is 1. The minimum Gasteiger partial charge on any atom is -0.507 e. The van der Waals surface area contributed by atoms with E-state index in [1.54, 1.807) is 17.4 Å². The average molecular weight is 697 g/mol. The number of para-hydroxylation sites is 1. The largest absolute Gasteiger partial charge is 0.507 e. The summed E-state index contributed by atoms with van der Waals surface area (Å²) in [5, 5.41) is 12.6. The highest BCUT2D eigenvalue weighted by atomic mass is 79.9. The molecule has 0 unspecified atom stereocenters. The summed E-state index contributed by atoms with van der Waals surface area (Å²) in [5.74, 6) is -0.193. The van der Waals surface area contributed by atoms with Gasteiger partial charge in [0.1, 0.15) is 18.1 Å². The number of imide groups is 1. The van der Waals surface area contributed by atoms with Crippen LogP contribution in [0.25, 0.3) is 11.6 Å². The molecular weight excluding hydrogens is 662 g/mol. The quantitative estimate of drug-likeness (QED) is 0.103. The van der Waals surface area contributed by atoms with Gasteiger partial charge in [-0.3, -0.25) is 14.5 Å². The predicted molar refractivity (Wildman–Crippen MR) is 183 cm³/mol. The number of hydrogen-bond donors (Lipinski definition) is 1. The van der Waals surface area contributed by atoms with Gasteiger partial charge < -0.3 is 14.6 Å². The van der Waals surface area contributed by atoms with Crippen molar-refractivity contribution in [1.29, 1.82) is 0 Å². The molecule has 7 rings (SSSR count). The summed E-state index contributed by atoms with van der Waals surface area (Å²) in [5.41, 5.74) is 5.06. The molecule has 234 valence electrons. The van der Waals surface area contributed by atoms with Crippen LogP contribution in [0.15, 0.2) is 112 Å². The lowest BCUT2D eigenvalue weighted by Gasteiger charge is -2.32. The topological polar surface area (TPSA) is 76.1 Å². The summed E-state index contributed by atoms with van der Waals surface area (Å²) in [7, 11) is 0. The molecule has 2 aliphatic heterocycles. The first kappa shape index (κ1) is 30.7. The van der Waals surface area contributed by atoms with E-state index in [1.165, 1.54) is 4.90 Å². The van der Waals surface area contributed by atoms with Gasteiger partial charge in [0.25, 0.3) is 0 Å². The zero-order chi connectivity index (χ0) is 31.6. The minimum absolute atomic E-state index is 0.0897. The fraction of sp³-hybridized carbons (Fsp3) is 0.263. The maximum Gasteiger partial charge on any atom is 0.234 e. The van der Waals surface area contributed by atoms with Crippen molar-refractivity contribution in [3.05, 3.63) is 128 Å². The van der Waals surface area contributed by atoms with E-state index in [9.17, 15) is 14.7 Å². The van der Waals surface area contributed by atoms with Crippen LogP contribution >= 0.6 is 27.3 Å². The maximum absolute atomic E-state index is 13.9. The molecule has 4 atom stereocenters. The molecule has 1 aliphatic carbocycles. The Balaban J connectivity index is 1.19. The first-order valence-electron chi connectivity index (χ1n) is 15.6. The second-order valence-electron chi connectivity index (χ2n) is 12.0.